The second-order valence-electron chi connectivity index (χ2n) is 6.52. The molecule has 10 nitrogen and oxygen atoms in total. The number of aliphatic hydroxyl groups excluding tert-OH is 1. The highest BCUT2D eigenvalue weighted by molar-refractivity contribution is 5.97. The Morgan fingerprint density at radius 2 is 1.90 bits per heavy atom. The lowest BCUT2D eigenvalue weighted by atomic mass is 10.00. The average Bonchev–Trinajstić information content (AvgIpc) is 2.70. The standard InChI is InChI=1S/C19H27N5O5/c1-13(19(28)23-16-5-3-15(12-25)4-6-16)11-17(26)14(2)22-18(27)7-9-29-10-8-21-24-20/h3-6,13-14,25H,7-12H2,1-2H3,(H,22,27)(H,23,28)/t13-,14+/m1/s1. The van der Waals surface area contributed by atoms with Crippen molar-refractivity contribution < 1.29 is 24.2 Å². The van der Waals surface area contributed by atoms with E-state index in [1.807, 2.05) is 0 Å². The Morgan fingerprint density at radius 3 is 2.52 bits per heavy atom. The highest BCUT2D eigenvalue weighted by Gasteiger charge is 2.22. The van der Waals surface area contributed by atoms with Crippen LogP contribution in [0.25, 0.3) is 10.4 Å². The van der Waals surface area contributed by atoms with Crippen LogP contribution in [0.2, 0.25) is 0 Å². The fourth-order valence-electron chi connectivity index (χ4n) is 2.34. The molecule has 0 spiro atoms. The second-order valence-corrected chi connectivity index (χ2v) is 6.52. The highest BCUT2D eigenvalue weighted by atomic mass is 16.5. The minimum absolute atomic E-state index is 0.00926. The van der Waals surface area contributed by atoms with Crippen molar-refractivity contribution in [2.45, 2.75) is 39.3 Å². The first-order chi connectivity index (χ1) is 13.9. The van der Waals surface area contributed by atoms with Crippen LogP contribution in [0, 0.1) is 5.92 Å². The van der Waals surface area contributed by atoms with Gasteiger partial charge in [-0.05, 0) is 30.2 Å². The first-order valence-corrected chi connectivity index (χ1v) is 9.28. The summed E-state index contributed by atoms with van der Waals surface area (Å²) in [5.74, 6) is -1.46. The van der Waals surface area contributed by atoms with Gasteiger partial charge in [0.2, 0.25) is 11.8 Å². The van der Waals surface area contributed by atoms with E-state index >= 15 is 0 Å². The number of aliphatic hydroxyl groups is 1. The van der Waals surface area contributed by atoms with Gasteiger partial charge in [-0.3, -0.25) is 14.4 Å². The zero-order chi connectivity index (χ0) is 21.6. The number of Topliss-reactive ketones (excluding diaryl/α,β-unsaturated/α-hetero) is 1. The van der Waals surface area contributed by atoms with Gasteiger partial charge in [0.25, 0.3) is 0 Å². The molecule has 2 amide bonds. The fourth-order valence-corrected chi connectivity index (χ4v) is 2.34. The Kier molecular flexibility index (Phi) is 11.0. The van der Waals surface area contributed by atoms with Gasteiger partial charge in [-0.25, -0.2) is 0 Å². The third kappa shape index (κ3) is 9.70. The summed E-state index contributed by atoms with van der Waals surface area (Å²) in [5.41, 5.74) is 9.44. The smallest absolute Gasteiger partial charge is 0.227 e. The van der Waals surface area contributed by atoms with Crippen LogP contribution in [0.15, 0.2) is 29.4 Å². The Morgan fingerprint density at radius 1 is 1.21 bits per heavy atom. The number of anilines is 1. The van der Waals surface area contributed by atoms with E-state index in [4.69, 9.17) is 15.4 Å². The Labute approximate surface area is 169 Å². The lowest BCUT2D eigenvalue weighted by molar-refractivity contribution is -0.129. The van der Waals surface area contributed by atoms with Gasteiger partial charge in [-0.15, -0.1) is 0 Å². The highest BCUT2D eigenvalue weighted by Crippen LogP contribution is 2.13. The van der Waals surface area contributed by atoms with Crippen LogP contribution < -0.4 is 10.6 Å². The molecule has 29 heavy (non-hydrogen) atoms. The molecule has 3 N–H and O–H groups in total. The van der Waals surface area contributed by atoms with Crippen molar-refractivity contribution in [1.29, 1.82) is 0 Å². The quantitative estimate of drug-likeness (QED) is 0.198. The number of benzene rings is 1. The maximum atomic E-state index is 12.3. The van der Waals surface area contributed by atoms with Gasteiger partial charge in [0.05, 0.1) is 25.9 Å². The molecule has 1 aromatic rings. The second kappa shape index (κ2) is 13.3. The third-order valence-corrected chi connectivity index (χ3v) is 4.09. The van der Waals surface area contributed by atoms with Crippen molar-refractivity contribution in [1.82, 2.24) is 5.32 Å². The molecule has 0 radical (unpaired) electrons. The molecule has 0 unspecified atom stereocenters. The molecule has 0 saturated heterocycles. The van der Waals surface area contributed by atoms with Gasteiger partial charge in [0.15, 0.2) is 5.78 Å². The molecule has 10 heteroatoms. The van der Waals surface area contributed by atoms with Gasteiger partial charge in [-0.1, -0.05) is 24.2 Å². The molecule has 0 aliphatic carbocycles. The number of ketones is 1. The summed E-state index contributed by atoms with van der Waals surface area (Å²) in [7, 11) is 0. The van der Waals surface area contributed by atoms with Crippen LogP contribution in [0.1, 0.15) is 32.3 Å². The number of nitrogens with zero attached hydrogens (tertiary/aromatic N) is 3. The van der Waals surface area contributed by atoms with E-state index in [-0.39, 0.29) is 56.8 Å². The van der Waals surface area contributed by atoms with Crippen molar-refractivity contribution in [3.05, 3.63) is 40.3 Å². The molecule has 0 aliphatic rings. The number of azide groups is 1. The summed E-state index contributed by atoms with van der Waals surface area (Å²) in [5, 5.41) is 17.6. The van der Waals surface area contributed by atoms with E-state index in [0.29, 0.717) is 5.69 Å². The summed E-state index contributed by atoms with van der Waals surface area (Å²) in [6, 6.07) is 6.03. The Hall–Kier alpha value is -2.94. The number of hydrogen-bond donors (Lipinski definition) is 3. The van der Waals surface area contributed by atoms with Crippen LogP contribution in [0.3, 0.4) is 0 Å². The zero-order valence-corrected chi connectivity index (χ0v) is 16.6. The van der Waals surface area contributed by atoms with Crippen molar-refractivity contribution >= 4 is 23.3 Å². The largest absolute Gasteiger partial charge is 0.392 e. The van der Waals surface area contributed by atoms with Crippen LogP contribution in [-0.4, -0.2) is 48.5 Å². The SMILES string of the molecule is C[C@H](CC(=O)[C@H](C)NC(=O)CCOCCN=[N+]=[N-])C(=O)Nc1ccc(CO)cc1. The number of carbonyl (C=O) groups excluding carboxylic acids is 3. The molecule has 1 rings (SSSR count). The van der Waals surface area contributed by atoms with Crippen LogP contribution >= 0.6 is 0 Å². The summed E-state index contributed by atoms with van der Waals surface area (Å²) < 4.78 is 5.14. The van der Waals surface area contributed by atoms with Gasteiger partial charge in [-0.2, -0.15) is 0 Å². The summed E-state index contributed by atoms with van der Waals surface area (Å²) >= 11 is 0. The normalized spacial score (nSPS) is 12.4. The molecule has 0 aliphatic heterocycles. The Bertz CT molecular complexity index is 731. The molecular formula is C19H27N5O5. The van der Waals surface area contributed by atoms with Gasteiger partial charge < -0.3 is 20.5 Å². The molecule has 1 aromatic carbocycles. The predicted molar refractivity (Wildman–Crippen MR) is 107 cm³/mol. The van der Waals surface area contributed by atoms with E-state index in [2.05, 4.69) is 20.7 Å². The van der Waals surface area contributed by atoms with E-state index in [0.717, 1.165) is 5.56 Å². The maximum Gasteiger partial charge on any atom is 0.227 e. The molecule has 0 fully saturated rings. The monoisotopic (exact) mass is 405 g/mol. The first kappa shape index (κ1) is 24.1. The molecular weight excluding hydrogens is 378 g/mol. The summed E-state index contributed by atoms with van der Waals surface area (Å²) in [4.78, 5) is 38.9. The number of hydrogen-bond acceptors (Lipinski definition) is 6. The van der Waals surface area contributed by atoms with Crippen molar-refractivity contribution in [2.24, 2.45) is 11.0 Å². The van der Waals surface area contributed by atoms with Crippen LogP contribution in [-0.2, 0) is 25.7 Å². The van der Waals surface area contributed by atoms with E-state index in [1.165, 1.54) is 0 Å². The molecule has 2 atom stereocenters. The van der Waals surface area contributed by atoms with Crippen molar-refractivity contribution in [3.8, 4) is 0 Å². The third-order valence-electron chi connectivity index (χ3n) is 4.09. The zero-order valence-electron chi connectivity index (χ0n) is 16.6. The average molecular weight is 405 g/mol. The van der Waals surface area contributed by atoms with Gasteiger partial charge in [0.1, 0.15) is 0 Å². The van der Waals surface area contributed by atoms with E-state index in [9.17, 15) is 14.4 Å². The number of carbonyl (C=O) groups is 3. The van der Waals surface area contributed by atoms with Gasteiger partial charge >= 0.3 is 0 Å². The Balaban J connectivity index is 2.35. The first-order valence-electron chi connectivity index (χ1n) is 9.28. The topological polar surface area (TPSA) is 153 Å². The van der Waals surface area contributed by atoms with Gasteiger partial charge in [0, 0.05) is 35.9 Å². The number of amides is 2. The molecule has 0 bridgehead atoms. The lowest BCUT2D eigenvalue weighted by Crippen LogP contribution is -2.40. The van der Waals surface area contributed by atoms with Crippen molar-refractivity contribution in [3.63, 3.8) is 0 Å². The van der Waals surface area contributed by atoms with Crippen LogP contribution in [0.4, 0.5) is 5.69 Å². The summed E-state index contributed by atoms with van der Waals surface area (Å²) in [6.45, 7) is 3.70. The number of rotatable bonds is 13. The molecule has 158 valence electrons. The van der Waals surface area contributed by atoms with E-state index < -0.39 is 12.0 Å². The molecule has 0 aromatic heterocycles. The van der Waals surface area contributed by atoms with Crippen molar-refractivity contribution in [2.75, 3.05) is 25.1 Å². The fraction of sp³-hybridized carbons (Fsp3) is 0.526. The maximum absolute atomic E-state index is 12.3. The number of ether oxygens (including phenoxy) is 1. The minimum atomic E-state index is -0.718. The molecule has 0 saturated carbocycles. The minimum Gasteiger partial charge on any atom is -0.392 e. The van der Waals surface area contributed by atoms with Crippen LogP contribution in [0.5, 0.6) is 0 Å². The van der Waals surface area contributed by atoms with E-state index in [1.54, 1.807) is 38.1 Å². The summed E-state index contributed by atoms with van der Waals surface area (Å²) in [6.07, 6.45) is 0.0679. The lowest BCUT2D eigenvalue weighted by Gasteiger charge is -2.16. The number of nitrogens with one attached hydrogen (secondary N) is 2. The predicted octanol–water partition coefficient (Wildman–Crippen LogP) is 1.93. The molecule has 0 heterocycles.